The van der Waals surface area contributed by atoms with Gasteiger partial charge in [-0.2, -0.15) is 0 Å². The van der Waals surface area contributed by atoms with Crippen LogP contribution in [-0.4, -0.2) is 45.3 Å². The van der Waals surface area contributed by atoms with Crippen molar-refractivity contribution >= 4 is 11.3 Å². The summed E-state index contributed by atoms with van der Waals surface area (Å²) in [6.45, 7) is 4.53. The molecule has 1 saturated heterocycles. The Morgan fingerprint density at radius 1 is 1.36 bits per heavy atom. The first-order valence-corrected chi connectivity index (χ1v) is 8.52. The summed E-state index contributed by atoms with van der Waals surface area (Å²) in [5.74, 6) is 0.763. The fraction of sp³-hybridized carbons (Fsp3) is 0.500. The number of hydrogen-bond acceptors (Lipinski definition) is 6. The van der Waals surface area contributed by atoms with Crippen molar-refractivity contribution in [2.24, 2.45) is 0 Å². The van der Waals surface area contributed by atoms with Crippen molar-refractivity contribution in [1.82, 2.24) is 14.9 Å². The highest BCUT2D eigenvalue weighted by Gasteiger charge is 2.27. The van der Waals surface area contributed by atoms with Gasteiger partial charge in [-0.3, -0.25) is 9.88 Å². The highest BCUT2D eigenvalue weighted by atomic mass is 32.1. The predicted octanol–water partition coefficient (Wildman–Crippen LogP) is 2.25. The molecule has 118 valence electrons. The Morgan fingerprint density at radius 2 is 2.23 bits per heavy atom. The molecule has 5 nitrogen and oxygen atoms in total. The third kappa shape index (κ3) is 3.82. The van der Waals surface area contributed by atoms with Crippen LogP contribution < -0.4 is 4.74 Å². The second kappa shape index (κ2) is 7.17. The zero-order chi connectivity index (χ0) is 15.4. The fourth-order valence-electron chi connectivity index (χ4n) is 2.71. The second-order valence-corrected chi connectivity index (χ2v) is 6.36. The summed E-state index contributed by atoms with van der Waals surface area (Å²) < 4.78 is 6.01. The van der Waals surface area contributed by atoms with Crippen LogP contribution in [0.15, 0.2) is 29.2 Å². The maximum absolute atomic E-state index is 10.4. The lowest BCUT2D eigenvalue weighted by Crippen LogP contribution is -2.31. The third-order valence-corrected chi connectivity index (χ3v) is 4.64. The van der Waals surface area contributed by atoms with Gasteiger partial charge in [0.1, 0.15) is 11.9 Å². The van der Waals surface area contributed by atoms with Gasteiger partial charge in [0.2, 0.25) is 0 Å². The van der Waals surface area contributed by atoms with Crippen LogP contribution in [0, 0.1) is 6.92 Å². The van der Waals surface area contributed by atoms with Gasteiger partial charge in [-0.1, -0.05) is 0 Å². The first-order valence-electron chi connectivity index (χ1n) is 7.58. The van der Waals surface area contributed by atoms with Crippen LogP contribution in [-0.2, 0) is 6.54 Å². The van der Waals surface area contributed by atoms with E-state index in [1.165, 1.54) is 0 Å². The molecule has 0 bridgehead atoms. The van der Waals surface area contributed by atoms with E-state index in [4.69, 9.17) is 4.74 Å². The first-order chi connectivity index (χ1) is 10.7. The maximum atomic E-state index is 10.4. The number of nitrogens with zero attached hydrogens (tertiary/aromatic N) is 3. The summed E-state index contributed by atoms with van der Waals surface area (Å²) >= 11 is 1.62. The van der Waals surface area contributed by atoms with Crippen LogP contribution in [0.4, 0.5) is 0 Å². The molecule has 0 aromatic carbocycles. The lowest BCUT2D eigenvalue weighted by molar-refractivity contribution is 0.0343. The first kappa shape index (κ1) is 15.4. The highest BCUT2D eigenvalue weighted by Crippen LogP contribution is 2.22. The van der Waals surface area contributed by atoms with E-state index in [1.54, 1.807) is 17.5 Å². The Hall–Kier alpha value is -1.50. The molecule has 0 spiro atoms. The quantitative estimate of drug-likeness (QED) is 0.937. The minimum atomic E-state index is -0.444. The summed E-state index contributed by atoms with van der Waals surface area (Å²) in [6, 6.07) is 3.77. The van der Waals surface area contributed by atoms with Gasteiger partial charge in [-0.15, -0.1) is 11.3 Å². The van der Waals surface area contributed by atoms with E-state index in [1.807, 2.05) is 24.6 Å². The van der Waals surface area contributed by atoms with Crippen molar-refractivity contribution < 1.29 is 9.84 Å². The molecule has 3 heterocycles. The van der Waals surface area contributed by atoms with Gasteiger partial charge in [0.15, 0.2) is 0 Å². The summed E-state index contributed by atoms with van der Waals surface area (Å²) in [6.07, 6.45) is 2.65. The van der Waals surface area contributed by atoms with E-state index in [0.29, 0.717) is 6.42 Å². The zero-order valence-corrected chi connectivity index (χ0v) is 13.5. The van der Waals surface area contributed by atoms with Gasteiger partial charge in [0.05, 0.1) is 23.0 Å². The molecule has 2 aromatic heterocycles. The SMILES string of the molecule is Cc1ncccc1O[C@H]1CCN(Cc2cscn2)CC[C@@H]1O. The van der Waals surface area contributed by atoms with Crippen LogP contribution in [0.5, 0.6) is 5.75 Å². The molecule has 0 aliphatic carbocycles. The summed E-state index contributed by atoms with van der Waals surface area (Å²) in [4.78, 5) is 10.9. The van der Waals surface area contributed by atoms with Crippen molar-refractivity contribution in [3.8, 4) is 5.75 Å². The molecule has 0 saturated carbocycles. The van der Waals surface area contributed by atoms with E-state index < -0.39 is 6.10 Å². The average molecular weight is 319 g/mol. The Balaban J connectivity index is 1.61. The van der Waals surface area contributed by atoms with E-state index in [9.17, 15) is 5.11 Å². The molecule has 1 N–H and O–H groups in total. The molecular formula is C16H21N3O2S. The molecule has 1 fully saturated rings. The third-order valence-electron chi connectivity index (χ3n) is 4.01. The number of aryl methyl sites for hydroxylation is 1. The number of rotatable bonds is 4. The molecule has 0 amide bonds. The van der Waals surface area contributed by atoms with Gasteiger partial charge < -0.3 is 9.84 Å². The number of aliphatic hydroxyl groups is 1. The van der Waals surface area contributed by atoms with Crippen LogP contribution in [0.3, 0.4) is 0 Å². The Labute approximate surface area is 134 Å². The standard InChI is InChI=1S/C16H21N3O2S/c1-12-15(3-2-6-17-12)21-16-5-8-19(7-4-14(16)20)9-13-10-22-11-18-13/h2-3,6,10-11,14,16,20H,4-5,7-9H2,1H3/t14-,16-/m0/s1. The number of aromatic nitrogens is 2. The number of pyridine rings is 1. The van der Waals surface area contributed by atoms with Gasteiger partial charge in [-0.05, 0) is 31.9 Å². The van der Waals surface area contributed by atoms with E-state index in [2.05, 4.69) is 20.2 Å². The molecule has 22 heavy (non-hydrogen) atoms. The van der Waals surface area contributed by atoms with Gasteiger partial charge in [0, 0.05) is 31.2 Å². The topological polar surface area (TPSA) is 58.5 Å². The normalized spacial score (nSPS) is 23.2. The van der Waals surface area contributed by atoms with Crippen LogP contribution in [0.25, 0.3) is 0 Å². The van der Waals surface area contributed by atoms with Crippen LogP contribution in [0.1, 0.15) is 24.2 Å². The summed E-state index contributed by atoms with van der Waals surface area (Å²) in [7, 11) is 0. The monoisotopic (exact) mass is 319 g/mol. The Kier molecular flexibility index (Phi) is 5.02. The number of likely N-dealkylation sites (tertiary alicyclic amines) is 1. The predicted molar refractivity (Wildman–Crippen MR) is 86.0 cm³/mol. The van der Waals surface area contributed by atoms with Gasteiger partial charge in [-0.25, -0.2) is 4.98 Å². The summed E-state index contributed by atoms with van der Waals surface area (Å²) in [5, 5.41) is 12.4. The average Bonchev–Trinajstić information content (AvgIpc) is 2.96. The minimum Gasteiger partial charge on any atom is -0.486 e. The molecule has 1 aliphatic heterocycles. The molecule has 6 heteroatoms. The smallest absolute Gasteiger partial charge is 0.141 e. The summed E-state index contributed by atoms with van der Waals surface area (Å²) in [5.41, 5.74) is 3.82. The Bertz CT molecular complexity index is 591. The van der Waals surface area contributed by atoms with E-state index in [0.717, 1.165) is 43.2 Å². The molecular weight excluding hydrogens is 298 g/mol. The molecule has 0 unspecified atom stereocenters. The highest BCUT2D eigenvalue weighted by molar-refractivity contribution is 7.07. The van der Waals surface area contributed by atoms with Crippen molar-refractivity contribution in [3.05, 3.63) is 40.6 Å². The fourth-order valence-corrected chi connectivity index (χ4v) is 3.26. The Morgan fingerprint density at radius 3 is 3.00 bits per heavy atom. The van der Waals surface area contributed by atoms with E-state index >= 15 is 0 Å². The number of thiazole rings is 1. The molecule has 2 aromatic rings. The number of aliphatic hydroxyl groups excluding tert-OH is 1. The molecule has 1 aliphatic rings. The largest absolute Gasteiger partial charge is 0.486 e. The van der Waals surface area contributed by atoms with Crippen molar-refractivity contribution in [2.75, 3.05) is 13.1 Å². The minimum absolute atomic E-state index is 0.177. The zero-order valence-electron chi connectivity index (χ0n) is 12.7. The molecule has 2 atom stereocenters. The maximum Gasteiger partial charge on any atom is 0.141 e. The van der Waals surface area contributed by atoms with Gasteiger partial charge in [0.25, 0.3) is 0 Å². The second-order valence-electron chi connectivity index (χ2n) is 5.64. The number of hydrogen-bond donors (Lipinski definition) is 1. The van der Waals surface area contributed by atoms with Crippen molar-refractivity contribution in [3.63, 3.8) is 0 Å². The lowest BCUT2D eigenvalue weighted by Gasteiger charge is -2.22. The molecule has 0 radical (unpaired) electrons. The van der Waals surface area contributed by atoms with Crippen LogP contribution in [0.2, 0.25) is 0 Å². The van der Waals surface area contributed by atoms with Crippen molar-refractivity contribution in [1.29, 1.82) is 0 Å². The lowest BCUT2D eigenvalue weighted by atomic mass is 10.1. The number of ether oxygens (including phenoxy) is 1. The molecule has 3 rings (SSSR count). The van der Waals surface area contributed by atoms with Crippen molar-refractivity contribution in [2.45, 2.75) is 38.5 Å². The van der Waals surface area contributed by atoms with Crippen LogP contribution >= 0.6 is 11.3 Å². The van der Waals surface area contributed by atoms with E-state index in [-0.39, 0.29) is 6.10 Å². The van der Waals surface area contributed by atoms with Gasteiger partial charge >= 0.3 is 0 Å².